The fourth-order valence-electron chi connectivity index (χ4n) is 5.70. The monoisotopic (exact) mass is 860 g/mol. The molecule has 48 heavy (non-hydrogen) atoms. The minimum absolute atomic E-state index is 0.0989. The number of benzene rings is 2. The van der Waals surface area contributed by atoms with E-state index in [1.807, 2.05) is 0 Å². The van der Waals surface area contributed by atoms with E-state index < -0.39 is 75.8 Å². The molecule has 24 heteroatoms. The highest BCUT2D eigenvalue weighted by molar-refractivity contribution is 8.44. The number of hydrogen-bond acceptors (Lipinski definition) is 12. The molecule has 0 aliphatic carbocycles. The number of halogens is 6. The van der Waals surface area contributed by atoms with Crippen molar-refractivity contribution < 1.29 is 47.2 Å². The predicted molar refractivity (Wildman–Crippen MR) is 184 cm³/mol. The quantitative estimate of drug-likeness (QED) is 0.126. The maximum Gasteiger partial charge on any atom is 0.386 e. The Hall–Kier alpha value is -0.0100. The van der Waals surface area contributed by atoms with Crippen LogP contribution in [0.3, 0.4) is 0 Å². The molecular weight excluding hydrogens is 843 g/mol. The molecule has 0 bridgehead atoms. The third-order valence-corrected chi connectivity index (χ3v) is 13.0. The molecule has 2 aromatic heterocycles. The molecule has 14 nitrogen and oxygen atoms in total. The van der Waals surface area contributed by atoms with Crippen LogP contribution in [0.1, 0.15) is 12.5 Å². The van der Waals surface area contributed by atoms with Gasteiger partial charge in [-0.2, -0.15) is 0 Å². The molecule has 5 heterocycles. The molecule has 0 spiro atoms. The van der Waals surface area contributed by atoms with Crippen LogP contribution in [0.5, 0.6) is 0 Å². The number of fused-ring (bicyclic) bond motifs is 4. The van der Waals surface area contributed by atoms with Gasteiger partial charge in [-0.05, 0) is 59.3 Å². The van der Waals surface area contributed by atoms with Gasteiger partial charge in [0, 0.05) is 0 Å². The second-order valence-corrected chi connectivity index (χ2v) is 18.8. The molecule has 3 fully saturated rings. The van der Waals surface area contributed by atoms with Crippen LogP contribution in [0, 0.1) is 0 Å². The minimum Gasteiger partial charge on any atom is -0.386 e. The van der Waals surface area contributed by atoms with Crippen LogP contribution in [-0.4, -0.2) is 84.0 Å². The zero-order valence-corrected chi connectivity index (χ0v) is 31.4. The molecule has 0 saturated carbocycles. The SMILES string of the molecule is O=P1(S)OC[C@H]2O[C@@H](n3c(Cl)nc4cc(Cl)c(Cl)cc43)[C@@H](O)C2OP(O)(=S)OC[C@H]2O[C@@H](n3c(Cl)nc4cc(Cl)c(Cl)cc43)C(O)[C@H]2O1. The zero-order valence-electron chi connectivity index (χ0n) is 23.3. The molecule has 4 aromatic rings. The van der Waals surface area contributed by atoms with Gasteiger partial charge in [0.25, 0.3) is 0 Å². The molecule has 7 rings (SSSR count). The number of nitrogens with zero attached hydrogens (tertiary/aromatic N) is 4. The van der Waals surface area contributed by atoms with Crippen molar-refractivity contribution in [3.05, 3.63) is 54.9 Å². The predicted octanol–water partition coefficient (Wildman–Crippen LogP) is 6.60. The number of hydrogen-bond donors (Lipinski definition) is 4. The number of imidazole rings is 2. The van der Waals surface area contributed by atoms with E-state index in [9.17, 15) is 19.7 Å². The lowest BCUT2D eigenvalue weighted by atomic mass is 10.1. The van der Waals surface area contributed by atoms with E-state index in [-0.39, 0.29) is 30.7 Å². The first-order valence-electron chi connectivity index (χ1n) is 13.6. The highest BCUT2D eigenvalue weighted by Crippen LogP contribution is 2.58. The maximum absolute atomic E-state index is 13.6. The number of rotatable bonds is 2. The molecule has 2 aromatic carbocycles. The van der Waals surface area contributed by atoms with Gasteiger partial charge in [0.05, 0.1) is 55.4 Å². The molecule has 3 aliphatic heterocycles. The Balaban J connectivity index is 1.18. The summed E-state index contributed by atoms with van der Waals surface area (Å²) in [4.78, 5) is 19.6. The summed E-state index contributed by atoms with van der Waals surface area (Å²) in [5.41, 5.74) is 1.39. The van der Waals surface area contributed by atoms with Gasteiger partial charge in [-0.15, -0.1) is 0 Å². The zero-order chi connectivity index (χ0) is 34.4. The minimum atomic E-state index is -4.34. The van der Waals surface area contributed by atoms with Crippen molar-refractivity contribution in [1.82, 2.24) is 19.1 Å². The normalized spacial score (nSPS) is 36.2. The molecular formula is C24H20Cl6N4O10P2S2. The third-order valence-electron chi connectivity index (χ3n) is 7.82. The molecule has 3 saturated heterocycles. The van der Waals surface area contributed by atoms with Crippen LogP contribution in [0.25, 0.3) is 22.1 Å². The molecule has 4 unspecified atom stereocenters. The van der Waals surface area contributed by atoms with Gasteiger partial charge in [0.2, 0.25) is 10.6 Å². The van der Waals surface area contributed by atoms with Crippen molar-refractivity contribution >= 4 is 129 Å². The van der Waals surface area contributed by atoms with Crippen molar-refractivity contribution in [1.29, 1.82) is 0 Å². The van der Waals surface area contributed by atoms with Crippen LogP contribution in [-0.2, 0) is 43.9 Å². The van der Waals surface area contributed by atoms with Crippen molar-refractivity contribution in [2.24, 2.45) is 0 Å². The first-order valence-corrected chi connectivity index (χ1v) is 21.1. The van der Waals surface area contributed by atoms with Crippen LogP contribution in [0.15, 0.2) is 24.3 Å². The average molecular weight is 863 g/mol. The summed E-state index contributed by atoms with van der Waals surface area (Å²) in [6.07, 6.45) is -11.1. The van der Waals surface area contributed by atoms with Gasteiger partial charge in [-0.25, -0.2) is 14.5 Å². The van der Waals surface area contributed by atoms with Crippen molar-refractivity contribution in [2.45, 2.75) is 49.1 Å². The van der Waals surface area contributed by atoms with Crippen LogP contribution in [0.2, 0.25) is 30.7 Å². The molecule has 0 amide bonds. The van der Waals surface area contributed by atoms with E-state index in [1.165, 1.54) is 33.4 Å². The Bertz CT molecular complexity index is 1900. The molecule has 10 atom stereocenters. The van der Waals surface area contributed by atoms with Crippen molar-refractivity contribution in [3.63, 3.8) is 0 Å². The van der Waals surface area contributed by atoms with E-state index in [1.54, 1.807) is 0 Å². The summed E-state index contributed by atoms with van der Waals surface area (Å²) in [5.74, 6) is 0. The van der Waals surface area contributed by atoms with Gasteiger partial charge >= 0.3 is 13.5 Å². The van der Waals surface area contributed by atoms with E-state index >= 15 is 0 Å². The lowest BCUT2D eigenvalue weighted by Crippen LogP contribution is -2.38. The highest BCUT2D eigenvalue weighted by atomic mass is 35.5. The van der Waals surface area contributed by atoms with Gasteiger partial charge in [0.15, 0.2) is 12.5 Å². The second kappa shape index (κ2) is 13.4. The molecule has 3 aliphatic rings. The molecule has 3 N–H and O–H groups in total. The van der Waals surface area contributed by atoms with Crippen LogP contribution in [0.4, 0.5) is 0 Å². The van der Waals surface area contributed by atoms with Crippen LogP contribution < -0.4 is 0 Å². The molecule has 260 valence electrons. The smallest absolute Gasteiger partial charge is 0.386 e. The topological polar surface area (TPSA) is 169 Å². The van der Waals surface area contributed by atoms with Crippen molar-refractivity contribution in [2.75, 3.05) is 13.2 Å². The number of aliphatic hydroxyl groups is 2. The van der Waals surface area contributed by atoms with E-state index in [0.29, 0.717) is 22.1 Å². The van der Waals surface area contributed by atoms with E-state index in [2.05, 4.69) is 22.2 Å². The van der Waals surface area contributed by atoms with Crippen LogP contribution >= 0.6 is 95.4 Å². The number of aliphatic hydroxyl groups excluding tert-OH is 2. The molecule has 0 radical (unpaired) electrons. The van der Waals surface area contributed by atoms with Gasteiger partial charge in [-0.1, -0.05) is 58.7 Å². The van der Waals surface area contributed by atoms with Gasteiger partial charge < -0.3 is 29.1 Å². The lowest BCUT2D eigenvalue weighted by Gasteiger charge is -2.29. The van der Waals surface area contributed by atoms with Crippen molar-refractivity contribution in [3.8, 4) is 0 Å². The Morgan fingerprint density at radius 3 is 1.65 bits per heavy atom. The van der Waals surface area contributed by atoms with Gasteiger partial charge in [-0.3, -0.25) is 22.7 Å². The van der Waals surface area contributed by atoms with E-state index in [0.717, 1.165) is 0 Å². The summed E-state index contributed by atoms with van der Waals surface area (Å²) in [6.45, 7) is -9.66. The third kappa shape index (κ3) is 6.69. The summed E-state index contributed by atoms with van der Waals surface area (Å²) < 4.78 is 51.0. The lowest BCUT2D eigenvalue weighted by molar-refractivity contribution is -0.0574. The summed E-state index contributed by atoms with van der Waals surface area (Å²) in [6, 6.07) is 5.92. The highest BCUT2D eigenvalue weighted by Gasteiger charge is 2.53. The summed E-state index contributed by atoms with van der Waals surface area (Å²) in [5, 5.41) is 23.4. The number of thiol groups is 1. The fourth-order valence-corrected chi connectivity index (χ4v) is 9.83. The van der Waals surface area contributed by atoms with E-state index in [4.69, 9.17) is 109 Å². The average Bonchev–Trinajstić information content (AvgIpc) is 3.67. The largest absolute Gasteiger partial charge is 0.386 e. The van der Waals surface area contributed by atoms with Gasteiger partial charge in [0.1, 0.15) is 36.6 Å². The maximum atomic E-state index is 13.6. The summed E-state index contributed by atoms with van der Waals surface area (Å²) >= 11 is 46.9. The Morgan fingerprint density at radius 1 is 0.750 bits per heavy atom. The Morgan fingerprint density at radius 2 is 1.17 bits per heavy atom. The second-order valence-electron chi connectivity index (χ2n) is 10.8. The number of ether oxygens (including phenoxy) is 2. The first kappa shape index (κ1) is 36.4. The standard InChI is InChI=1S/C24H20Cl6N4O10P2S2/c25-7-1-11-13(3-9(7)27)33(23(29)31-11)21-17(35)19-15(41-21)5-39-46(38,48)44-20-16(6-40-45(37,47)43-19)42-22(18(20)36)34-14-4-10(28)8(26)2-12(14)32-24(34)30/h1-4,15-22,35-36H,5-6H2,(H,37,47)(H,38,48)/t15-,16-,17+,18?,19?,20+,21-,22-,45?,46?/m1/s1. The summed E-state index contributed by atoms with van der Waals surface area (Å²) in [7, 11) is 0. The number of aromatic nitrogens is 4. The Kier molecular flexibility index (Phi) is 10.2. The fraction of sp³-hybridized carbons (Fsp3) is 0.417. The Labute approximate surface area is 310 Å². The first-order chi connectivity index (χ1) is 22.5.